The number of nitrogens with one attached hydrogen (secondary N) is 1. The Morgan fingerprint density at radius 2 is 2.00 bits per heavy atom. The SMILES string of the molecule is CCC(NC)c1cc2c(OC)cc(OC)cc2o1. The van der Waals surface area contributed by atoms with Crippen LogP contribution in [0.1, 0.15) is 25.1 Å². The Hall–Kier alpha value is -1.68. The summed E-state index contributed by atoms with van der Waals surface area (Å²) in [5, 5.41) is 4.20. The van der Waals surface area contributed by atoms with Crippen molar-refractivity contribution in [2.45, 2.75) is 19.4 Å². The number of hydrogen-bond donors (Lipinski definition) is 1. The van der Waals surface area contributed by atoms with Crippen LogP contribution in [0, 0.1) is 0 Å². The van der Waals surface area contributed by atoms with Crippen molar-refractivity contribution in [2.75, 3.05) is 21.3 Å². The Kier molecular flexibility index (Phi) is 3.77. The van der Waals surface area contributed by atoms with Crippen molar-refractivity contribution in [1.82, 2.24) is 5.32 Å². The molecule has 1 aromatic carbocycles. The predicted molar refractivity (Wildman–Crippen MR) is 71.4 cm³/mol. The first-order valence-electron chi connectivity index (χ1n) is 6.06. The molecule has 0 amide bonds. The molecule has 1 unspecified atom stereocenters. The van der Waals surface area contributed by atoms with E-state index < -0.39 is 0 Å². The number of hydrogen-bond acceptors (Lipinski definition) is 4. The number of benzene rings is 1. The molecule has 1 aromatic heterocycles. The highest BCUT2D eigenvalue weighted by Gasteiger charge is 2.16. The zero-order valence-corrected chi connectivity index (χ0v) is 11.2. The van der Waals surface area contributed by atoms with Crippen LogP contribution < -0.4 is 14.8 Å². The van der Waals surface area contributed by atoms with E-state index in [2.05, 4.69) is 12.2 Å². The summed E-state index contributed by atoms with van der Waals surface area (Å²) in [7, 11) is 5.21. The van der Waals surface area contributed by atoms with Crippen LogP contribution in [0.3, 0.4) is 0 Å². The molecule has 0 spiro atoms. The maximum absolute atomic E-state index is 5.87. The van der Waals surface area contributed by atoms with Crippen LogP contribution in [-0.4, -0.2) is 21.3 Å². The van der Waals surface area contributed by atoms with Gasteiger partial charge in [0.15, 0.2) is 0 Å². The van der Waals surface area contributed by atoms with Crippen LogP contribution >= 0.6 is 0 Å². The van der Waals surface area contributed by atoms with E-state index in [0.717, 1.165) is 34.6 Å². The Labute approximate surface area is 107 Å². The van der Waals surface area contributed by atoms with E-state index >= 15 is 0 Å². The average molecular weight is 249 g/mol. The molecule has 0 aliphatic carbocycles. The van der Waals surface area contributed by atoms with Gasteiger partial charge in [-0.05, 0) is 19.5 Å². The first-order valence-corrected chi connectivity index (χ1v) is 6.06. The molecular formula is C14H19NO3. The molecule has 4 nitrogen and oxygen atoms in total. The van der Waals surface area contributed by atoms with E-state index in [0.29, 0.717) is 0 Å². The fourth-order valence-electron chi connectivity index (χ4n) is 2.11. The smallest absolute Gasteiger partial charge is 0.141 e. The Morgan fingerprint density at radius 1 is 1.22 bits per heavy atom. The van der Waals surface area contributed by atoms with Gasteiger partial charge >= 0.3 is 0 Å². The fraction of sp³-hybridized carbons (Fsp3) is 0.429. The monoisotopic (exact) mass is 249 g/mol. The maximum Gasteiger partial charge on any atom is 0.141 e. The summed E-state index contributed by atoms with van der Waals surface area (Å²) in [6, 6.07) is 5.98. The predicted octanol–water partition coefficient (Wildman–Crippen LogP) is 3.12. The van der Waals surface area contributed by atoms with Crippen molar-refractivity contribution in [3.8, 4) is 11.5 Å². The van der Waals surface area contributed by atoms with Crippen molar-refractivity contribution >= 4 is 11.0 Å². The van der Waals surface area contributed by atoms with Crippen molar-refractivity contribution in [3.05, 3.63) is 24.0 Å². The van der Waals surface area contributed by atoms with Crippen LogP contribution in [0.2, 0.25) is 0 Å². The lowest BCUT2D eigenvalue weighted by atomic mass is 10.1. The van der Waals surface area contributed by atoms with Gasteiger partial charge in [-0.1, -0.05) is 6.92 Å². The van der Waals surface area contributed by atoms with E-state index in [1.807, 2.05) is 25.2 Å². The number of ether oxygens (including phenoxy) is 2. The number of methoxy groups -OCH3 is 2. The van der Waals surface area contributed by atoms with E-state index in [1.165, 1.54) is 0 Å². The summed E-state index contributed by atoms with van der Waals surface area (Å²) in [4.78, 5) is 0. The first-order chi connectivity index (χ1) is 8.73. The maximum atomic E-state index is 5.87. The third-order valence-electron chi connectivity index (χ3n) is 3.15. The van der Waals surface area contributed by atoms with Gasteiger partial charge in [-0.3, -0.25) is 0 Å². The second-order valence-electron chi connectivity index (χ2n) is 4.14. The molecule has 1 atom stereocenters. The average Bonchev–Trinajstić information content (AvgIpc) is 2.82. The highest BCUT2D eigenvalue weighted by molar-refractivity contribution is 5.86. The Bertz CT molecular complexity index is 529. The molecule has 1 N–H and O–H groups in total. The van der Waals surface area contributed by atoms with Gasteiger partial charge in [0.2, 0.25) is 0 Å². The fourth-order valence-corrected chi connectivity index (χ4v) is 2.11. The molecule has 0 aliphatic heterocycles. The second-order valence-corrected chi connectivity index (χ2v) is 4.14. The molecule has 4 heteroatoms. The Morgan fingerprint density at radius 3 is 2.56 bits per heavy atom. The highest BCUT2D eigenvalue weighted by Crippen LogP contribution is 2.35. The van der Waals surface area contributed by atoms with E-state index in [1.54, 1.807) is 14.2 Å². The molecular weight excluding hydrogens is 230 g/mol. The zero-order chi connectivity index (χ0) is 13.1. The molecule has 0 saturated heterocycles. The largest absolute Gasteiger partial charge is 0.496 e. The van der Waals surface area contributed by atoms with E-state index in [4.69, 9.17) is 13.9 Å². The molecule has 0 saturated carbocycles. The molecule has 0 radical (unpaired) electrons. The number of fused-ring (bicyclic) bond motifs is 1. The normalized spacial score (nSPS) is 12.7. The van der Waals surface area contributed by atoms with Gasteiger partial charge < -0.3 is 19.2 Å². The Balaban J connectivity index is 2.55. The van der Waals surface area contributed by atoms with Crippen molar-refractivity contribution in [2.24, 2.45) is 0 Å². The van der Waals surface area contributed by atoms with Gasteiger partial charge in [-0.25, -0.2) is 0 Å². The lowest BCUT2D eigenvalue weighted by Crippen LogP contribution is -2.14. The van der Waals surface area contributed by atoms with E-state index in [9.17, 15) is 0 Å². The van der Waals surface area contributed by atoms with Gasteiger partial charge in [0.1, 0.15) is 22.8 Å². The summed E-state index contributed by atoms with van der Waals surface area (Å²) in [5.74, 6) is 2.42. The van der Waals surface area contributed by atoms with Crippen LogP contribution in [-0.2, 0) is 0 Å². The van der Waals surface area contributed by atoms with Gasteiger partial charge in [0.05, 0.1) is 25.6 Å². The summed E-state index contributed by atoms with van der Waals surface area (Å²) in [5.41, 5.74) is 0.787. The molecule has 2 rings (SSSR count). The minimum absolute atomic E-state index is 0.216. The second kappa shape index (κ2) is 5.31. The van der Waals surface area contributed by atoms with Gasteiger partial charge in [-0.2, -0.15) is 0 Å². The lowest BCUT2D eigenvalue weighted by molar-refractivity contribution is 0.396. The minimum Gasteiger partial charge on any atom is -0.496 e. The number of rotatable bonds is 5. The highest BCUT2D eigenvalue weighted by atomic mass is 16.5. The molecule has 18 heavy (non-hydrogen) atoms. The standard InChI is InChI=1S/C14H19NO3/c1-5-11(15-2)14-8-10-12(17-4)6-9(16-3)7-13(10)18-14/h6-8,11,15H,5H2,1-4H3. The van der Waals surface area contributed by atoms with Crippen molar-refractivity contribution < 1.29 is 13.9 Å². The zero-order valence-electron chi connectivity index (χ0n) is 11.2. The number of furan rings is 1. The van der Waals surface area contributed by atoms with Crippen molar-refractivity contribution in [1.29, 1.82) is 0 Å². The summed E-state index contributed by atoms with van der Waals surface area (Å²) >= 11 is 0. The van der Waals surface area contributed by atoms with Crippen LogP contribution in [0.15, 0.2) is 22.6 Å². The van der Waals surface area contributed by atoms with Gasteiger partial charge in [0, 0.05) is 12.1 Å². The summed E-state index contributed by atoms with van der Waals surface area (Å²) < 4.78 is 16.5. The quantitative estimate of drug-likeness (QED) is 0.884. The molecule has 0 fully saturated rings. The third-order valence-corrected chi connectivity index (χ3v) is 3.15. The lowest BCUT2D eigenvalue weighted by Gasteiger charge is -2.09. The van der Waals surface area contributed by atoms with Gasteiger partial charge in [0.25, 0.3) is 0 Å². The topological polar surface area (TPSA) is 43.6 Å². The first kappa shape index (κ1) is 12.8. The van der Waals surface area contributed by atoms with Crippen LogP contribution in [0.5, 0.6) is 11.5 Å². The summed E-state index contributed by atoms with van der Waals surface area (Å²) in [6.07, 6.45) is 0.968. The molecule has 2 aromatic rings. The van der Waals surface area contributed by atoms with Crippen LogP contribution in [0.25, 0.3) is 11.0 Å². The molecule has 1 heterocycles. The molecule has 0 aliphatic rings. The molecule has 0 bridgehead atoms. The molecule has 98 valence electrons. The third kappa shape index (κ3) is 2.16. The summed E-state index contributed by atoms with van der Waals surface area (Å²) in [6.45, 7) is 2.12. The van der Waals surface area contributed by atoms with E-state index in [-0.39, 0.29) is 6.04 Å². The van der Waals surface area contributed by atoms with Gasteiger partial charge in [-0.15, -0.1) is 0 Å². The van der Waals surface area contributed by atoms with Crippen LogP contribution in [0.4, 0.5) is 0 Å². The van der Waals surface area contributed by atoms with Crippen molar-refractivity contribution in [3.63, 3.8) is 0 Å². The minimum atomic E-state index is 0.216.